The van der Waals surface area contributed by atoms with E-state index in [1.165, 1.54) is 11.6 Å². The minimum absolute atomic E-state index is 0.0857. The molecule has 0 bridgehead atoms. The summed E-state index contributed by atoms with van der Waals surface area (Å²) in [5.74, 6) is -0.376. The second-order valence-corrected chi connectivity index (χ2v) is 5.31. The van der Waals surface area contributed by atoms with Crippen molar-refractivity contribution >= 4 is 22.9 Å². The van der Waals surface area contributed by atoms with E-state index < -0.39 is 0 Å². The highest BCUT2D eigenvalue weighted by molar-refractivity contribution is 7.80. The van der Waals surface area contributed by atoms with Gasteiger partial charge >= 0.3 is 0 Å². The molecule has 104 valence electrons. The van der Waals surface area contributed by atoms with Crippen molar-refractivity contribution in [1.82, 2.24) is 0 Å². The number of nitrogens with two attached hydrogens (primary N) is 1. The first-order chi connectivity index (χ1) is 9.47. The minimum atomic E-state index is -0.376. The molecule has 2 aromatic rings. The number of aryl methyl sites for hydroxylation is 1. The fourth-order valence-electron chi connectivity index (χ4n) is 2.09. The molecule has 0 amide bonds. The Bertz CT molecular complexity index is 640. The Morgan fingerprint density at radius 2 is 2.00 bits per heavy atom. The van der Waals surface area contributed by atoms with Gasteiger partial charge in [-0.3, -0.25) is 0 Å². The number of halogens is 1. The monoisotopic (exact) mass is 288 g/mol. The van der Waals surface area contributed by atoms with Crippen LogP contribution < -0.4 is 10.6 Å². The third-order valence-electron chi connectivity index (χ3n) is 3.16. The largest absolute Gasteiger partial charge is 0.389 e. The summed E-state index contributed by atoms with van der Waals surface area (Å²) in [6.07, 6.45) is 0. The van der Waals surface area contributed by atoms with Crippen molar-refractivity contribution in [3.05, 3.63) is 65.0 Å². The highest BCUT2D eigenvalue weighted by atomic mass is 32.1. The molecular weight excluding hydrogens is 271 g/mol. The van der Waals surface area contributed by atoms with Crippen LogP contribution in [0.5, 0.6) is 0 Å². The lowest BCUT2D eigenvalue weighted by atomic mass is 10.1. The molecule has 0 aliphatic heterocycles. The molecule has 0 fully saturated rings. The standard InChI is InChI=1S/C16H17FN2S/c1-11-4-3-5-13(8-11)19(2)10-12-6-7-15(17)14(9-12)16(18)20/h3-9H,10H2,1-2H3,(H2,18,20). The van der Waals surface area contributed by atoms with Crippen LogP contribution in [0.15, 0.2) is 42.5 Å². The lowest BCUT2D eigenvalue weighted by molar-refractivity contribution is 0.624. The van der Waals surface area contributed by atoms with Crippen molar-refractivity contribution in [2.24, 2.45) is 5.73 Å². The number of hydrogen-bond acceptors (Lipinski definition) is 2. The zero-order valence-corrected chi connectivity index (χ0v) is 12.4. The Morgan fingerprint density at radius 1 is 1.25 bits per heavy atom. The summed E-state index contributed by atoms with van der Waals surface area (Å²) < 4.78 is 13.6. The molecule has 0 saturated heterocycles. The lowest BCUT2D eigenvalue weighted by Gasteiger charge is -2.20. The summed E-state index contributed by atoms with van der Waals surface area (Å²) in [6, 6.07) is 13.1. The van der Waals surface area contributed by atoms with Gasteiger partial charge in [-0.25, -0.2) is 4.39 Å². The maximum Gasteiger partial charge on any atom is 0.133 e. The van der Waals surface area contributed by atoms with Crippen LogP contribution in [-0.4, -0.2) is 12.0 Å². The third kappa shape index (κ3) is 3.33. The highest BCUT2D eigenvalue weighted by Gasteiger charge is 2.08. The van der Waals surface area contributed by atoms with Gasteiger partial charge in [-0.05, 0) is 42.3 Å². The van der Waals surface area contributed by atoms with Crippen molar-refractivity contribution < 1.29 is 4.39 Å². The molecule has 0 spiro atoms. The SMILES string of the molecule is Cc1cccc(N(C)Cc2ccc(F)c(C(N)=S)c2)c1. The molecule has 2 rings (SSSR count). The summed E-state index contributed by atoms with van der Waals surface area (Å²) >= 11 is 4.86. The van der Waals surface area contributed by atoms with Gasteiger partial charge in [0.1, 0.15) is 10.8 Å². The van der Waals surface area contributed by atoms with Crippen molar-refractivity contribution in [3.8, 4) is 0 Å². The van der Waals surface area contributed by atoms with E-state index in [1.807, 2.05) is 19.2 Å². The molecule has 4 heteroatoms. The number of nitrogens with zero attached hydrogens (tertiary/aromatic N) is 1. The number of thiocarbonyl (C=S) groups is 1. The van der Waals surface area contributed by atoms with Gasteiger partial charge in [0.25, 0.3) is 0 Å². The Morgan fingerprint density at radius 3 is 2.65 bits per heavy atom. The Kier molecular flexibility index (Phi) is 4.35. The first-order valence-electron chi connectivity index (χ1n) is 6.33. The lowest BCUT2D eigenvalue weighted by Crippen LogP contribution is -2.18. The quantitative estimate of drug-likeness (QED) is 0.874. The van der Waals surface area contributed by atoms with E-state index >= 15 is 0 Å². The molecule has 0 aromatic heterocycles. The van der Waals surface area contributed by atoms with Gasteiger partial charge in [0.05, 0.1) is 0 Å². The van der Waals surface area contributed by atoms with E-state index in [1.54, 1.807) is 12.1 Å². The predicted octanol–water partition coefficient (Wildman–Crippen LogP) is 3.40. The second kappa shape index (κ2) is 6.01. The first kappa shape index (κ1) is 14.5. The van der Waals surface area contributed by atoms with E-state index in [4.69, 9.17) is 18.0 Å². The van der Waals surface area contributed by atoms with Gasteiger partial charge in [0, 0.05) is 24.8 Å². The van der Waals surface area contributed by atoms with Gasteiger partial charge < -0.3 is 10.6 Å². The highest BCUT2D eigenvalue weighted by Crippen LogP contribution is 2.18. The molecule has 2 N–H and O–H groups in total. The van der Waals surface area contributed by atoms with Crippen LogP contribution in [0.25, 0.3) is 0 Å². The van der Waals surface area contributed by atoms with Crippen LogP contribution in [0.1, 0.15) is 16.7 Å². The normalized spacial score (nSPS) is 10.3. The Balaban J connectivity index is 2.22. The van der Waals surface area contributed by atoms with E-state index in [-0.39, 0.29) is 10.8 Å². The van der Waals surface area contributed by atoms with E-state index in [0.717, 1.165) is 11.3 Å². The summed E-state index contributed by atoms with van der Waals surface area (Å²) in [5.41, 5.74) is 9.12. The summed E-state index contributed by atoms with van der Waals surface area (Å²) in [6.45, 7) is 2.72. The number of anilines is 1. The Hall–Kier alpha value is -1.94. The number of hydrogen-bond donors (Lipinski definition) is 1. The van der Waals surface area contributed by atoms with Crippen molar-refractivity contribution in [2.45, 2.75) is 13.5 Å². The topological polar surface area (TPSA) is 29.3 Å². The van der Waals surface area contributed by atoms with Gasteiger partial charge in [0.15, 0.2) is 0 Å². The van der Waals surface area contributed by atoms with Crippen LogP contribution in [0.3, 0.4) is 0 Å². The fraction of sp³-hybridized carbons (Fsp3) is 0.188. The molecule has 2 aromatic carbocycles. The average Bonchev–Trinajstić information content (AvgIpc) is 2.40. The summed E-state index contributed by atoms with van der Waals surface area (Å²) in [5, 5.41) is 0. The first-order valence-corrected chi connectivity index (χ1v) is 6.74. The van der Waals surface area contributed by atoms with Gasteiger partial charge in [0.2, 0.25) is 0 Å². The van der Waals surface area contributed by atoms with E-state index in [0.29, 0.717) is 12.1 Å². The smallest absolute Gasteiger partial charge is 0.133 e. The zero-order valence-electron chi connectivity index (χ0n) is 11.6. The zero-order chi connectivity index (χ0) is 14.7. The van der Waals surface area contributed by atoms with Gasteiger partial charge in [-0.2, -0.15) is 0 Å². The maximum atomic E-state index is 13.6. The number of rotatable bonds is 4. The predicted molar refractivity (Wildman–Crippen MR) is 85.6 cm³/mol. The van der Waals surface area contributed by atoms with E-state index in [9.17, 15) is 4.39 Å². The molecule has 0 atom stereocenters. The maximum absolute atomic E-state index is 13.6. The van der Waals surface area contributed by atoms with Crippen LogP contribution in [0.4, 0.5) is 10.1 Å². The van der Waals surface area contributed by atoms with Gasteiger partial charge in [-0.1, -0.05) is 30.4 Å². The van der Waals surface area contributed by atoms with Crippen molar-refractivity contribution in [3.63, 3.8) is 0 Å². The third-order valence-corrected chi connectivity index (χ3v) is 3.38. The molecular formula is C16H17FN2S. The fourth-order valence-corrected chi connectivity index (χ4v) is 2.25. The van der Waals surface area contributed by atoms with Crippen LogP contribution in [-0.2, 0) is 6.54 Å². The Labute approximate surface area is 124 Å². The van der Waals surface area contributed by atoms with Gasteiger partial charge in [-0.15, -0.1) is 0 Å². The van der Waals surface area contributed by atoms with E-state index in [2.05, 4.69) is 24.0 Å². The average molecular weight is 288 g/mol. The molecule has 0 aliphatic carbocycles. The molecule has 0 aliphatic rings. The minimum Gasteiger partial charge on any atom is -0.389 e. The summed E-state index contributed by atoms with van der Waals surface area (Å²) in [4.78, 5) is 2.19. The van der Waals surface area contributed by atoms with Crippen LogP contribution in [0, 0.1) is 12.7 Å². The molecule has 0 radical (unpaired) electrons. The van der Waals surface area contributed by atoms with Crippen LogP contribution >= 0.6 is 12.2 Å². The molecule has 2 nitrogen and oxygen atoms in total. The molecule has 0 unspecified atom stereocenters. The molecule has 0 heterocycles. The molecule has 0 saturated carbocycles. The number of benzene rings is 2. The molecule has 20 heavy (non-hydrogen) atoms. The van der Waals surface area contributed by atoms with Crippen LogP contribution in [0.2, 0.25) is 0 Å². The summed E-state index contributed by atoms with van der Waals surface area (Å²) in [7, 11) is 2.00. The van der Waals surface area contributed by atoms with Crippen molar-refractivity contribution in [1.29, 1.82) is 0 Å². The second-order valence-electron chi connectivity index (χ2n) is 4.87. The van der Waals surface area contributed by atoms with Crippen molar-refractivity contribution in [2.75, 3.05) is 11.9 Å².